The van der Waals surface area contributed by atoms with Crippen LogP contribution in [0.15, 0.2) is 42.5 Å². The van der Waals surface area contributed by atoms with E-state index in [1.807, 2.05) is 6.07 Å². The van der Waals surface area contributed by atoms with E-state index in [1.54, 1.807) is 7.11 Å². The Morgan fingerprint density at radius 1 is 1.03 bits per heavy atom. The van der Waals surface area contributed by atoms with Gasteiger partial charge in [-0.2, -0.15) is 0 Å². The molecule has 1 aliphatic carbocycles. The second kappa shape index (κ2) is 14.4. The molecule has 1 saturated carbocycles. The molecule has 1 aliphatic heterocycles. The van der Waals surface area contributed by atoms with Gasteiger partial charge in [0, 0.05) is 50.8 Å². The molecule has 8 heteroatoms. The average molecular weight is 536 g/mol. The third-order valence-corrected chi connectivity index (χ3v) is 7.59. The number of hydrogen-bond donors (Lipinski definition) is 3. The van der Waals surface area contributed by atoms with Crippen molar-refractivity contribution in [3.05, 3.63) is 53.6 Å². The van der Waals surface area contributed by atoms with Crippen molar-refractivity contribution in [1.82, 2.24) is 20.4 Å². The Balaban J connectivity index is 1.37. The Kier molecular flexibility index (Phi) is 10.8. The lowest BCUT2D eigenvalue weighted by Crippen LogP contribution is -2.41. The normalized spacial score (nSPS) is 16.3. The second-order valence-electron chi connectivity index (χ2n) is 11.0. The van der Waals surface area contributed by atoms with Crippen LogP contribution in [0.5, 0.6) is 5.75 Å². The number of aryl methyl sites for hydroxylation is 1. The number of nitrogens with zero attached hydrogens (tertiary/aromatic N) is 2. The molecule has 39 heavy (non-hydrogen) atoms. The van der Waals surface area contributed by atoms with Crippen LogP contribution in [0.3, 0.4) is 0 Å². The molecular weight excluding hydrogens is 490 g/mol. The number of ether oxygens (including phenoxy) is 2. The lowest BCUT2D eigenvalue weighted by Gasteiger charge is -2.35. The van der Waals surface area contributed by atoms with Crippen molar-refractivity contribution >= 4 is 11.9 Å². The van der Waals surface area contributed by atoms with Crippen molar-refractivity contribution in [3.8, 4) is 16.9 Å². The molecule has 2 aromatic carbocycles. The fourth-order valence-electron chi connectivity index (χ4n) is 5.03. The highest BCUT2D eigenvalue weighted by molar-refractivity contribution is 5.95. The van der Waals surface area contributed by atoms with Gasteiger partial charge < -0.3 is 19.7 Å². The Morgan fingerprint density at radius 3 is 2.41 bits per heavy atom. The highest BCUT2D eigenvalue weighted by Gasteiger charge is 2.22. The van der Waals surface area contributed by atoms with Crippen LogP contribution < -0.4 is 15.4 Å². The zero-order valence-electron chi connectivity index (χ0n) is 23.8. The van der Waals surface area contributed by atoms with Gasteiger partial charge >= 0.3 is 0 Å². The van der Waals surface area contributed by atoms with Gasteiger partial charge in [0.2, 0.25) is 5.91 Å². The number of rotatable bonds is 13. The quantitative estimate of drug-likeness (QED) is 0.204. The molecule has 0 atom stereocenters. The predicted octanol–water partition coefficient (Wildman–Crippen LogP) is 4.03. The number of benzene rings is 2. The summed E-state index contributed by atoms with van der Waals surface area (Å²) in [6.45, 7) is 4.48. The van der Waals surface area contributed by atoms with Gasteiger partial charge in [-0.1, -0.05) is 36.4 Å². The summed E-state index contributed by atoms with van der Waals surface area (Å²) in [6, 6.07) is 16.1. The summed E-state index contributed by atoms with van der Waals surface area (Å²) in [5, 5.41) is 13.5. The van der Waals surface area contributed by atoms with Crippen molar-refractivity contribution in [2.75, 3.05) is 47.5 Å². The summed E-state index contributed by atoms with van der Waals surface area (Å²) < 4.78 is 11.4. The zero-order chi connectivity index (χ0) is 27.6. The van der Waals surface area contributed by atoms with Gasteiger partial charge in [-0.3, -0.25) is 20.4 Å². The van der Waals surface area contributed by atoms with Crippen LogP contribution in [0, 0.1) is 5.41 Å². The van der Waals surface area contributed by atoms with Gasteiger partial charge in [0.05, 0.1) is 6.61 Å². The Labute approximate surface area is 233 Å². The molecular formula is C31H45N5O3. The van der Waals surface area contributed by atoms with E-state index in [1.165, 1.54) is 18.4 Å². The molecule has 1 amide bonds. The highest BCUT2D eigenvalue weighted by atomic mass is 16.5. The molecule has 2 fully saturated rings. The number of methoxy groups -OCH3 is 1. The van der Waals surface area contributed by atoms with E-state index in [-0.39, 0.29) is 11.9 Å². The van der Waals surface area contributed by atoms with Crippen molar-refractivity contribution in [2.24, 2.45) is 0 Å². The number of amides is 1. The number of carbonyl (C=O) groups excluding carboxylic acids is 1. The van der Waals surface area contributed by atoms with Crippen LogP contribution in [0.4, 0.5) is 0 Å². The van der Waals surface area contributed by atoms with Gasteiger partial charge in [-0.25, -0.2) is 0 Å². The lowest BCUT2D eigenvalue weighted by molar-refractivity contribution is -0.119. The number of likely N-dealkylation sites (tertiary alicyclic amines) is 1. The van der Waals surface area contributed by atoms with E-state index >= 15 is 0 Å². The molecule has 0 aromatic heterocycles. The van der Waals surface area contributed by atoms with Crippen LogP contribution in [0.25, 0.3) is 11.1 Å². The number of guanidine groups is 1. The number of hydrogen-bond acceptors (Lipinski definition) is 6. The first-order valence-electron chi connectivity index (χ1n) is 14.3. The summed E-state index contributed by atoms with van der Waals surface area (Å²) in [6.07, 6.45) is 6.29. The first-order valence-corrected chi connectivity index (χ1v) is 14.3. The third-order valence-electron chi connectivity index (χ3n) is 7.59. The van der Waals surface area contributed by atoms with Crippen molar-refractivity contribution in [2.45, 2.75) is 63.6 Å². The molecule has 3 N–H and O–H groups in total. The first-order chi connectivity index (χ1) is 18.9. The molecule has 0 radical (unpaired) electrons. The molecule has 2 aromatic rings. The highest BCUT2D eigenvalue weighted by Crippen LogP contribution is 2.32. The number of carbonyl (C=O) groups is 1. The van der Waals surface area contributed by atoms with E-state index in [0.717, 1.165) is 61.3 Å². The topological polar surface area (TPSA) is 89.9 Å². The minimum atomic E-state index is -0.152. The maximum absolute atomic E-state index is 12.3. The predicted molar refractivity (Wildman–Crippen MR) is 156 cm³/mol. The van der Waals surface area contributed by atoms with Crippen LogP contribution in [0.1, 0.15) is 49.7 Å². The van der Waals surface area contributed by atoms with E-state index in [0.29, 0.717) is 38.1 Å². The Bertz CT molecular complexity index is 1080. The monoisotopic (exact) mass is 535 g/mol. The summed E-state index contributed by atoms with van der Waals surface area (Å²) in [7, 11) is 6.06. The summed E-state index contributed by atoms with van der Waals surface area (Å²) in [5.41, 5.74) is 4.54. The molecule has 4 rings (SSSR count). The second-order valence-corrected chi connectivity index (χ2v) is 11.0. The standard InChI is InChI=1S/C31H45N5O3/c1-35(2)27-15-17-36(18-16-27)22-24-5-9-25(10-6-24)28-13-7-23(21-29(28)39-20-4-19-38-3)8-14-30(37)34-31(32)33-26-11-12-26/h5-7,9-10,13,21,26-27H,4,8,11-12,14-20,22H2,1-3H3,(H3,32,33,34,37). The van der Waals surface area contributed by atoms with Crippen LogP contribution in [0.2, 0.25) is 0 Å². The largest absolute Gasteiger partial charge is 0.493 e. The van der Waals surface area contributed by atoms with Gasteiger partial charge in [-0.15, -0.1) is 0 Å². The molecule has 0 unspecified atom stereocenters. The lowest BCUT2D eigenvalue weighted by atomic mass is 9.99. The number of piperidine rings is 1. The van der Waals surface area contributed by atoms with E-state index in [9.17, 15) is 4.79 Å². The minimum absolute atomic E-state index is 0.0986. The van der Waals surface area contributed by atoms with Gasteiger partial charge in [0.1, 0.15) is 5.75 Å². The SMILES string of the molecule is COCCCOc1cc(CCC(=O)NC(=N)NC2CC2)ccc1-c1ccc(CN2CCC(N(C)C)CC2)cc1. The molecule has 0 bridgehead atoms. The molecule has 212 valence electrons. The first kappa shape index (κ1) is 29.1. The fraction of sp³-hybridized carbons (Fsp3) is 0.548. The molecule has 2 aliphatic rings. The average Bonchev–Trinajstić information content (AvgIpc) is 3.75. The van der Waals surface area contributed by atoms with Crippen LogP contribution >= 0.6 is 0 Å². The summed E-state index contributed by atoms with van der Waals surface area (Å²) in [4.78, 5) is 17.2. The van der Waals surface area contributed by atoms with Gasteiger partial charge in [0.25, 0.3) is 0 Å². The van der Waals surface area contributed by atoms with Crippen LogP contribution in [-0.4, -0.2) is 81.3 Å². The Hall–Kier alpha value is -2.94. The van der Waals surface area contributed by atoms with Crippen molar-refractivity contribution in [3.63, 3.8) is 0 Å². The van der Waals surface area contributed by atoms with E-state index in [4.69, 9.17) is 14.9 Å². The van der Waals surface area contributed by atoms with Crippen molar-refractivity contribution in [1.29, 1.82) is 5.41 Å². The van der Waals surface area contributed by atoms with E-state index in [2.05, 4.69) is 70.9 Å². The van der Waals surface area contributed by atoms with E-state index < -0.39 is 0 Å². The maximum Gasteiger partial charge on any atom is 0.226 e. The third kappa shape index (κ3) is 9.34. The zero-order valence-corrected chi connectivity index (χ0v) is 23.8. The number of nitrogens with one attached hydrogen (secondary N) is 3. The van der Waals surface area contributed by atoms with Gasteiger partial charge in [-0.05, 0) is 82.0 Å². The van der Waals surface area contributed by atoms with Crippen LogP contribution in [-0.2, 0) is 22.5 Å². The summed E-state index contributed by atoms with van der Waals surface area (Å²) in [5.74, 6) is 0.772. The maximum atomic E-state index is 12.3. The minimum Gasteiger partial charge on any atom is -0.493 e. The molecule has 1 heterocycles. The smallest absolute Gasteiger partial charge is 0.226 e. The fourth-order valence-corrected chi connectivity index (χ4v) is 5.03. The molecule has 0 spiro atoms. The molecule has 8 nitrogen and oxygen atoms in total. The molecule has 1 saturated heterocycles. The van der Waals surface area contributed by atoms with Crippen molar-refractivity contribution < 1.29 is 14.3 Å². The summed E-state index contributed by atoms with van der Waals surface area (Å²) >= 11 is 0. The Morgan fingerprint density at radius 2 is 1.74 bits per heavy atom. The van der Waals surface area contributed by atoms with Gasteiger partial charge in [0.15, 0.2) is 5.96 Å².